The molecule has 5 nitrogen and oxygen atoms in total. The molecule has 0 radical (unpaired) electrons. The lowest BCUT2D eigenvalue weighted by Crippen LogP contribution is -2.41. The summed E-state index contributed by atoms with van der Waals surface area (Å²) in [5.74, 6) is -0.233. The molecule has 1 aliphatic heterocycles. The number of carbonyl (C=O) groups excluding carboxylic acids is 2. The quantitative estimate of drug-likeness (QED) is 0.733. The van der Waals surface area contributed by atoms with Gasteiger partial charge in [0.25, 0.3) is 0 Å². The van der Waals surface area contributed by atoms with Gasteiger partial charge in [-0.3, -0.25) is 4.79 Å². The molecule has 3 unspecified atom stereocenters. The number of ether oxygens (including phenoxy) is 1. The number of β-amino-alcohol motifs (C(OH)–C–C–N with tert-alkyl or cyclic N) is 1. The molecular weight excluding hydrogens is 222 g/mol. The number of rotatable bonds is 4. The van der Waals surface area contributed by atoms with E-state index in [1.165, 1.54) is 12.0 Å². The van der Waals surface area contributed by atoms with Gasteiger partial charge in [-0.05, 0) is 5.92 Å². The van der Waals surface area contributed by atoms with Gasteiger partial charge >= 0.3 is 5.97 Å². The van der Waals surface area contributed by atoms with Crippen molar-refractivity contribution in [2.45, 2.75) is 45.3 Å². The number of nitrogens with zero attached hydrogens (tertiary/aromatic N) is 1. The maximum absolute atomic E-state index is 12.0. The first-order chi connectivity index (χ1) is 7.99. The van der Waals surface area contributed by atoms with Gasteiger partial charge in [0, 0.05) is 19.4 Å². The van der Waals surface area contributed by atoms with E-state index in [0.717, 1.165) is 6.42 Å². The first kappa shape index (κ1) is 14.0. The van der Waals surface area contributed by atoms with Crippen LogP contribution in [0.2, 0.25) is 0 Å². The summed E-state index contributed by atoms with van der Waals surface area (Å²) in [7, 11) is 1.30. The summed E-state index contributed by atoms with van der Waals surface area (Å²) in [4.78, 5) is 24.9. The van der Waals surface area contributed by atoms with Gasteiger partial charge in [0.15, 0.2) is 0 Å². The minimum atomic E-state index is -0.625. The largest absolute Gasteiger partial charge is 0.467 e. The lowest BCUT2D eigenvalue weighted by molar-refractivity contribution is -0.151. The molecule has 1 amide bonds. The predicted molar refractivity (Wildman–Crippen MR) is 62.2 cm³/mol. The minimum absolute atomic E-state index is 0.0775. The molecule has 5 heteroatoms. The summed E-state index contributed by atoms with van der Waals surface area (Å²) < 4.78 is 4.65. The highest BCUT2D eigenvalue weighted by atomic mass is 16.5. The van der Waals surface area contributed by atoms with E-state index in [4.69, 9.17) is 0 Å². The maximum Gasteiger partial charge on any atom is 0.328 e. The second-order valence-electron chi connectivity index (χ2n) is 4.69. The van der Waals surface area contributed by atoms with Gasteiger partial charge in [0.1, 0.15) is 6.04 Å². The van der Waals surface area contributed by atoms with Crippen molar-refractivity contribution in [3.8, 4) is 0 Å². The Morgan fingerprint density at radius 3 is 2.71 bits per heavy atom. The molecular formula is C12H21NO4. The van der Waals surface area contributed by atoms with Crippen molar-refractivity contribution in [3.05, 3.63) is 0 Å². The molecule has 0 aromatic heterocycles. The van der Waals surface area contributed by atoms with Crippen molar-refractivity contribution in [1.29, 1.82) is 0 Å². The number of hydrogen-bond donors (Lipinski definition) is 1. The van der Waals surface area contributed by atoms with Crippen LogP contribution in [0.1, 0.15) is 33.1 Å². The molecule has 1 N–H and O–H groups in total. The Hall–Kier alpha value is -1.10. The topological polar surface area (TPSA) is 66.8 Å². The molecule has 3 atom stereocenters. The fourth-order valence-electron chi connectivity index (χ4n) is 2.01. The molecule has 17 heavy (non-hydrogen) atoms. The number of hydrogen-bond acceptors (Lipinski definition) is 4. The highest BCUT2D eigenvalue weighted by Crippen LogP contribution is 2.21. The Balaban J connectivity index is 2.66. The lowest BCUT2D eigenvalue weighted by Gasteiger charge is -2.23. The fraction of sp³-hybridized carbons (Fsp3) is 0.833. The van der Waals surface area contributed by atoms with E-state index in [0.29, 0.717) is 12.3 Å². The van der Waals surface area contributed by atoms with Crippen molar-refractivity contribution in [1.82, 2.24) is 4.90 Å². The van der Waals surface area contributed by atoms with Crippen molar-refractivity contribution in [2.24, 2.45) is 5.92 Å². The Morgan fingerprint density at radius 1 is 1.53 bits per heavy atom. The number of amides is 1. The summed E-state index contributed by atoms with van der Waals surface area (Å²) >= 11 is 0. The zero-order valence-electron chi connectivity index (χ0n) is 10.7. The van der Waals surface area contributed by atoms with Crippen LogP contribution >= 0.6 is 0 Å². The number of carbonyl (C=O) groups is 2. The molecule has 0 saturated carbocycles. The third-order valence-corrected chi connectivity index (χ3v) is 3.29. The van der Waals surface area contributed by atoms with Crippen LogP contribution in [-0.4, -0.2) is 47.7 Å². The van der Waals surface area contributed by atoms with Gasteiger partial charge < -0.3 is 14.7 Å². The van der Waals surface area contributed by atoms with Crippen LogP contribution in [0.5, 0.6) is 0 Å². The van der Waals surface area contributed by atoms with E-state index in [9.17, 15) is 14.7 Å². The van der Waals surface area contributed by atoms with Gasteiger partial charge in [-0.15, -0.1) is 0 Å². The van der Waals surface area contributed by atoms with Gasteiger partial charge in [0.2, 0.25) is 5.91 Å². The van der Waals surface area contributed by atoms with Crippen LogP contribution in [-0.2, 0) is 14.3 Å². The SMILES string of the molecule is CCC(C)CC(=O)N1CC(O)CC1C(=O)OC. The third-order valence-electron chi connectivity index (χ3n) is 3.29. The lowest BCUT2D eigenvalue weighted by atomic mass is 10.0. The van der Waals surface area contributed by atoms with Gasteiger partial charge in [0.05, 0.1) is 13.2 Å². The number of esters is 1. The van der Waals surface area contributed by atoms with Gasteiger partial charge in [-0.25, -0.2) is 4.79 Å². The zero-order valence-corrected chi connectivity index (χ0v) is 10.7. The van der Waals surface area contributed by atoms with Crippen molar-refractivity contribution < 1.29 is 19.4 Å². The molecule has 1 rings (SSSR count). The Labute approximate surface area is 102 Å². The maximum atomic E-state index is 12.0. The molecule has 1 aliphatic rings. The molecule has 1 saturated heterocycles. The summed E-state index contributed by atoms with van der Waals surface area (Å²) in [6.07, 6.45) is 0.987. The van der Waals surface area contributed by atoms with Crippen molar-refractivity contribution in [3.63, 3.8) is 0 Å². The molecule has 98 valence electrons. The first-order valence-electron chi connectivity index (χ1n) is 6.04. The number of aliphatic hydroxyl groups is 1. The van der Waals surface area contributed by atoms with Gasteiger partial charge in [-0.2, -0.15) is 0 Å². The minimum Gasteiger partial charge on any atom is -0.467 e. The standard InChI is InChI=1S/C12H21NO4/c1-4-8(2)5-11(15)13-7-9(14)6-10(13)12(16)17-3/h8-10,14H,4-7H2,1-3H3. The smallest absolute Gasteiger partial charge is 0.328 e. The molecule has 0 aromatic rings. The summed E-state index contributed by atoms with van der Waals surface area (Å²) in [6.45, 7) is 4.25. The van der Waals surface area contributed by atoms with Crippen LogP contribution in [0, 0.1) is 5.92 Å². The van der Waals surface area contributed by atoms with E-state index >= 15 is 0 Å². The Kier molecular flexibility index (Phi) is 4.93. The van der Waals surface area contributed by atoms with Crippen LogP contribution in [0.15, 0.2) is 0 Å². The van der Waals surface area contributed by atoms with E-state index in [2.05, 4.69) is 4.74 Å². The molecule has 1 heterocycles. The highest BCUT2D eigenvalue weighted by Gasteiger charge is 2.39. The fourth-order valence-corrected chi connectivity index (χ4v) is 2.01. The van der Waals surface area contributed by atoms with E-state index < -0.39 is 18.1 Å². The molecule has 1 fully saturated rings. The Bertz CT molecular complexity index is 292. The van der Waals surface area contributed by atoms with Gasteiger partial charge in [-0.1, -0.05) is 20.3 Å². The van der Waals surface area contributed by atoms with Crippen LogP contribution in [0.4, 0.5) is 0 Å². The normalized spacial score (nSPS) is 25.8. The number of likely N-dealkylation sites (tertiary alicyclic amines) is 1. The Morgan fingerprint density at radius 2 is 2.18 bits per heavy atom. The molecule has 0 aromatic carbocycles. The summed E-state index contributed by atoms with van der Waals surface area (Å²) in [5, 5.41) is 9.55. The summed E-state index contributed by atoms with van der Waals surface area (Å²) in [5.41, 5.74) is 0. The molecule has 0 bridgehead atoms. The highest BCUT2D eigenvalue weighted by molar-refractivity contribution is 5.85. The molecule has 0 aliphatic carbocycles. The van der Waals surface area contributed by atoms with Crippen LogP contribution < -0.4 is 0 Å². The van der Waals surface area contributed by atoms with Crippen molar-refractivity contribution in [2.75, 3.05) is 13.7 Å². The van der Waals surface area contributed by atoms with E-state index in [1.54, 1.807) is 0 Å². The number of aliphatic hydroxyl groups excluding tert-OH is 1. The molecule has 0 spiro atoms. The monoisotopic (exact) mass is 243 g/mol. The second kappa shape index (κ2) is 6.00. The van der Waals surface area contributed by atoms with Crippen LogP contribution in [0.25, 0.3) is 0 Å². The van der Waals surface area contributed by atoms with Crippen molar-refractivity contribution >= 4 is 11.9 Å². The third kappa shape index (κ3) is 3.43. The van der Waals surface area contributed by atoms with E-state index in [-0.39, 0.29) is 18.9 Å². The average molecular weight is 243 g/mol. The second-order valence-corrected chi connectivity index (χ2v) is 4.69. The van der Waals surface area contributed by atoms with E-state index in [1.807, 2.05) is 13.8 Å². The number of methoxy groups -OCH3 is 1. The first-order valence-corrected chi connectivity index (χ1v) is 6.04. The average Bonchev–Trinajstić information content (AvgIpc) is 2.70. The summed E-state index contributed by atoms with van der Waals surface area (Å²) in [6, 6.07) is -0.619. The predicted octanol–water partition coefficient (Wildman–Crippen LogP) is 0.557. The zero-order chi connectivity index (χ0) is 13.0. The van der Waals surface area contributed by atoms with Crippen LogP contribution in [0.3, 0.4) is 0 Å².